The van der Waals surface area contributed by atoms with Crippen LogP contribution in [0.25, 0.3) is 0 Å². The number of hydrogen-bond acceptors (Lipinski definition) is 4. The van der Waals surface area contributed by atoms with Crippen LogP contribution in [0, 0.1) is 5.92 Å². The zero-order valence-electron chi connectivity index (χ0n) is 7.70. The van der Waals surface area contributed by atoms with Gasteiger partial charge in [0.15, 0.2) is 0 Å². The summed E-state index contributed by atoms with van der Waals surface area (Å²) in [6.45, 7) is 2.17. The lowest BCUT2D eigenvalue weighted by molar-refractivity contribution is 0.0299. The van der Waals surface area contributed by atoms with Crippen LogP contribution in [0.15, 0.2) is 0 Å². The maximum Gasteiger partial charge on any atom is 0.0689 e. The van der Waals surface area contributed by atoms with E-state index < -0.39 is 12.2 Å². The summed E-state index contributed by atoms with van der Waals surface area (Å²) < 4.78 is 0. The van der Waals surface area contributed by atoms with Gasteiger partial charge in [0.1, 0.15) is 0 Å². The van der Waals surface area contributed by atoms with Gasteiger partial charge in [-0.25, -0.2) is 0 Å². The molecule has 0 rings (SSSR count). The molecule has 0 aromatic heterocycles. The molecular weight excluding hydrogens is 158 g/mol. The van der Waals surface area contributed by atoms with Crippen molar-refractivity contribution in [3.8, 4) is 0 Å². The van der Waals surface area contributed by atoms with Crippen molar-refractivity contribution in [2.24, 2.45) is 5.92 Å². The highest BCUT2D eigenvalue weighted by Gasteiger charge is 2.16. The number of aliphatic hydroxyl groups excluding tert-OH is 3. The minimum absolute atomic E-state index is 0.0482. The molecule has 0 unspecified atom stereocenters. The van der Waals surface area contributed by atoms with E-state index in [2.05, 4.69) is 5.32 Å². The lowest BCUT2D eigenvalue weighted by Gasteiger charge is -2.19. The number of rotatable bonds is 6. The Bertz CT molecular complexity index is 110. The smallest absolute Gasteiger partial charge is 0.0689 e. The predicted molar refractivity (Wildman–Crippen MR) is 46.8 cm³/mol. The zero-order chi connectivity index (χ0) is 9.56. The molecule has 0 radical (unpaired) electrons. The number of aliphatic hydroxyl groups is 3. The van der Waals surface area contributed by atoms with Crippen LogP contribution in [0.3, 0.4) is 0 Å². The van der Waals surface area contributed by atoms with Crippen LogP contribution >= 0.6 is 0 Å². The summed E-state index contributed by atoms with van der Waals surface area (Å²) in [7, 11) is 1.74. The van der Waals surface area contributed by atoms with E-state index in [0.29, 0.717) is 13.0 Å². The Hall–Kier alpha value is -0.160. The Balaban J connectivity index is 3.59. The first kappa shape index (κ1) is 11.8. The third-order valence-electron chi connectivity index (χ3n) is 1.90. The zero-order valence-corrected chi connectivity index (χ0v) is 7.70. The molecule has 0 aliphatic rings. The average molecular weight is 177 g/mol. The average Bonchev–Trinajstić information content (AvgIpc) is 2.03. The molecule has 74 valence electrons. The molecule has 12 heavy (non-hydrogen) atoms. The van der Waals surface area contributed by atoms with Crippen molar-refractivity contribution in [1.29, 1.82) is 0 Å². The summed E-state index contributed by atoms with van der Waals surface area (Å²) in [4.78, 5) is 0. The number of hydrogen-bond donors (Lipinski definition) is 4. The van der Waals surface area contributed by atoms with Crippen molar-refractivity contribution in [3.05, 3.63) is 0 Å². The molecule has 0 saturated carbocycles. The molecule has 0 aromatic rings. The van der Waals surface area contributed by atoms with Crippen molar-refractivity contribution < 1.29 is 15.3 Å². The van der Waals surface area contributed by atoms with Gasteiger partial charge in [-0.05, 0) is 7.05 Å². The van der Waals surface area contributed by atoms with E-state index in [-0.39, 0.29) is 12.5 Å². The van der Waals surface area contributed by atoms with Gasteiger partial charge in [0.25, 0.3) is 0 Å². The van der Waals surface area contributed by atoms with Gasteiger partial charge in [0.2, 0.25) is 0 Å². The van der Waals surface area contributed by atoms with Crippen LogP contribution in [0.2, 0.25) is 0 Å². The van der Waals surface area contributed by atoms with Gasteiger partial charge in [-0.1, -0.05) is 6.92 Å². The molecule has 4 N–H and O–H groups in total. The molecule has 0 aliphatic heterocycles. The summed E-state index contributed by atoms with van der Waals surface area (Å²) in [6, 6.07) is 0. The van der Waals surface area contributed by atoms with E-state index in [1.165, 1.54) is 0 Å². The summed E-state index contributed by atoms with van der Waals surface area (Å²) in [5.41, 5.74) is 0. The Kier molecular flexibility index (Phi) is 6.28. The molecule has 4 nitrogen and oxygen atoms in total. The number of nitrogens with one attached hydrogen (secondary N) is 1. The Labute approximate surface area is 73.2 Å². The van der Waals surface area contributed by atoms with Gasteiger partial charge >= 0.3 is 0 Å². The van der Waals surface area contributed by atoms with Gasteiger partial charge in [0.05, 0.1) is 12.2 Å². The summed E-state index contributed by atoms with van der Waals surface area (Å²) >= 11 is 0. The first-order chi connectivity index (χ1) is 5.61. The second-order valence-corrected chi connectivity index (χ2v) is 3.17. The fourth-order valence-electron chi connectivity index (χ4n) is 0.952. The van der Waals surface area contributed by atoms with E-state index in [1.807, 2.05) is 0 Å². The van der Waals surface area contributed by atoms with Gasteiger partial charge in [-0.2, -0.15) is 0 Å². The molecule has 0 aromatic carbocycles. The van der Waals surface area contributed by atoms with Crippen molar-refractivity contribution in [2.45, 2.75) is 25.6 Å². The quantitative estimate of drug-likeness (QED) is 0.417. The van der Waals surface area contributed by atoms with Crippen LogP contribution in [-0.2, 0) is 0 Å². The lowest BCUT2D eigenvalue weighted by atomic mass is 10.00. The summed E-state index contributed by atoms with van der Waals surface area (Å²) in [5.74, 6) is -0.170. The minimum atomic E-state index is -0.627. The van der Waals surface area contributed by atoms with Gasteiger partial charge in [-0.3, -0.25) is 0 Å². The molecule has 4 heteroatoms. The SMILES string of the molecule is CNC[C@H](O)C[C@H](O)[C@H](C)CO. The molecule has 0 amide bonds. The molecule has 0 spiro atoms. The molecule has 0 heterocycles. The predicted octanol–water partition coefficient (Wildman–Crippen LogP) is -1.05. The van der Waals surface area contributed by atoms with Crippen LogP contribution in [0.5, 0.6) is 0 Å². The van der Waals surface area contributed by atoms with E-state index in [4.69, 9.17) is 5.11 Å². The fourth-order valence-corrected chi connectivity index (χ4v) is 0.952. The normalized spacial score (nSPS) is 18.8. The van der Waals surface area contributed by atoms with Crippen molar-refractivity contribution in [2.75, 3.05) is 20.2 Å². The molecule has 3 atom stereocenters. The topological polar surface area (TPSA) is 72.7 Å². The highest BCUT2D eigenvalue weighted by atomic mass is 16.3. The monoisotopic (exact) mass is 177 g/mol. The van der Waals surface area contributed by atoms with Crippen LogP contribution < -0.4 is 5.32 Å². The maximum absolute atomic E-state index is 9.37. The second-order valence-electron chi connectivity index (χ2n) is 3.17. The Morgan fingerprint density at radius 1 is 1.33 bits per heavy atom. The van der Waals surface area contributed by atoms with E-state index in [0.717, 1.165) is 0 Å². The van der Waals surface area contributed by atoms with Gasteiger partial charge < -0.3 is 20.6 Å². The third-order valence-corrected chi connectivity index (χ3v) is 1.90. The van der Waals surface area contributed by atoms with E-state index >= 15 is 0 Å². The minimum Gasteiger partial charge on any atom is -0.396 e. The highest BCUT2D eigenvalue weighted by Crippen LogP contribution is 2.08. The van der Waals surface area contributed by atoms with Crippen LogP contribution in [-0.4, -0.2) is 47.7 Å². The van der Waals surface area contributed by atoms with Crippen molar-refractivity contribution >= 4 is 0 Å². The first-order valence-electron chi connectivity index (χ1n) is 4.23. The van der Waals surface area contributed by atoms with Crippen molar-refractivity contribution in [3.63, 3.8) is 0 Å². The van der Waals surface area contributed by atoms with Gasteiger partial charge in [0, 0.05) is 25.5 Å². The Morgan fingerprint density at radius 3 is 2.33 bits per heavy atom. The lowest BCUT2D eigenvalue weighted by Crippen LogP contribution is -2.31. The Morgan fingerprint density at radius 2 is 1.92 bits per heavy atom. The first-order valence-corrected chi connectivity index (χ1v) is 4.23. The molecule has 0 fully saturated rings. The van der Waals surface area contributed by atoms with Gasteiger partial charge in [-0.15, -0.1) is 0 Å². The maximum atomic E-state index is 9.37. The standard InChI is InChI=1S/C8H19NO3/c1-6(5-10)8(12)3-7(11)4-9-2/h6-12H,3-5H2,1-2H3/t6-,7-,8+/m1/s1. The highest BCUT2D eigenvalue weighted by molar-refractivity contribution is 4.69. The third kappa shape index (κ3) is 4.66. The molecule has 0 saturated heterocycles. The summed E-state index contributed by atoms with van der Waals surface area (Å²) in [6.07, 6.45) is -0.861. The number of likely N-dealkylation sites (N-methyl/N-ethyl adjacent to an activating group) is 1. The van der Waals surface area contributed by atoms with E-state index in [1.54, 1.807) is 14.0 Å². The van der Waals surface area contributed by atoms with Crippen LogP contribution in [0.1, 0.15) is 13.3 Å². The molecule has 0 bridgehead atoms. The van der Waals surface area contributed by atoms with Crippen LogP contribution in [0.4, 0.5) is 0 Å². The molecular formula is C8H19NO3. The molecule has 0 aliphatic carbocycles. The fraction of sp³-hybridized carbons (Fsp3) is 1.00. The van der Waals surface area contributed by atoms with Crippen molar-refractivity contribution in [1.82, 2.24) is 5.32 Å². The second kappa shape index (κ2) is 6.37. The largest absolute Gasteiger partial charge is 0.396 e. The van der Waals surface area contributed by atoms with E-state index in [9.17, 15) is 10.2 Å². The summed E-state index contributed by atoms with van der Waals surface area (Å²) in [5, 5.41) is 30.1.